The Labute approximate surface area is 103 Å². The molecule has 2 rings (SSSR count). The van der Waals surface area contributed by atoms with Crippen molar-refractivity contribution in [3.63, 3.8) is 0 Å². The summed E-state index contributed by atoms with van der Waals surface area (Å²) in [5.41, 5.74) is 2.87. The Morgan fingerprint density at radius 3 is 3.00 bits per heavy atom. The lowest BCUT2D eigenvalue weighted by Crippen LogP contribution is -2.31. The Bertz CT molecular complexity index is 627. The molecule has 0 saturated heterocycles. The summed E-state index contributed by atoms with van der Waals surface area (Å²) in [6.07, 6.45) is 3.03. The van der Waals surface area contributed by atoms with Crippen molar-refractivity contribution in [1.82, 2.24) is 9.99 Å². The van der Waals surface area contributed by atoms with Crippen LogP contribution in [0.5, 0.6) is 0 Å². The summed E-state index contributed by atoms with van der Waals surface area (Å²) in [7, 11) is 0. The zero-order valence-corrected chi connectivity index (χ0v) is 9.84. The van der Waals surface area contributed by atoms with Crippen LogP contribution in [0.1, 0.15) is 21.7 Å². The lowest BCUT2D eigenvalue weighted by molar-refractivity contribution is 0.0951. The van der Waals surface area contributed by atoms with Crippen molar-refractivity contribution in [2.75, 3.05) is 0 Å². The number of nitrogens with two attached hydrogens (primary N) is 1. The van der Waals surface area contributed by atoms with E-state index < -0.39 is 5.91 Å². The molecular weight excluding hydrogens is 234 g/mol. The monoisotopic (exact) mass is 247 g/mol. The SMILES string of the molecule is Cc1cccn(Cc2occc2C(=O)NN)c1=O. The van der Waals surface area contributed by atoms with Gasteiger partial charge in [-0.15, -0.1) is 0 Å². The van der Waals surface area contributed by atoms with E-state index in [1.54, 1.807) is 25.3 Å². The molecule has 0 spiro atoms. The molecule has 2 aromatic rings. The van der Waals surface area contributed by atoms with Gasteiger partial charge in [0.2, 0.25) is 0 Å². The number of pyridine rings is 1. The molecule has 0 atom stereocenters. The first kappa shape index (κ1) is 12.1. The second kappa shape index (κ2) is 4.89. The normalized spacial score (nSPS) is 10.3. The van der Waals surface area contributed by atoms with Crippen molar-refractivity contribution in [3.05, 3.63) is 57.9 Å². The maximum absolute atomic E-state index is 11.8. The number of aromatic nitrogens is 1. The van der Waals surface area contributed by atoms with Gasteiger partial charge in [-0.05, 0) is 19.1 Å². The van der Waals surface area contributed by atoms with Gasteiger partial charge >= 0.3 is 0 Å². The van der Waals surface area contributed by atoms with Gasteiger partial charge in [-0.2, -0.15) is 0 Å². The van der Waals surface area contributed by atoms with Crippen LogP contribution in [0.4, 0.5) is 0 Å². The number of amides is 1. The van der Waals surface area contributed by atoms with Crippen LogP contribution in [0.15, 0.2) is 39.9 Å². The number of rotatable bonds is 3. The van der Waals surface area contributed by atoms with Crippen molar-refractivity contribution < 1.29 is 9.21 Å². The maximum atomic E-state index is 11.8. The largest absolute Gasteiger partial charge is 0.467 e. The number of carbonyl (C=O) groups is 1. The van der Waals surface area contributed by atoms with Gasteiger partial charge in [0.1, 0.15) is 5.76 Å². The van der Waals surface area contributed by atoms with Crippen molar-refractivity contribution in [2.24, 2.45) is 5.84 Å². The molecule has 2 aromatic heterocycles. The molecule has 0 aliphatic rings. The Morgan fingerprint density at radius 1 is 1.50 bits per heavy atom. The van der Waals surface area contributed by atoms with Gasteiger partial charge in [0, 0.05) is 11.8 Å². The summed E-state index contributed by atoms with van der Waals surface area (Å²) in [4.78, 5) is 23.3. The predicted molar refractivity (Wildman–Crippen MR) is 64.9 cm³/mol. The zero-order chi connectivity index (χ0) is 13.1. The highest BCUT2D eigenvalue weighted by molar-refractivity contribution is 5.94. The lowest BCUT2D eigenvalue weighted by atomic mass is 10.2. The minimum absolute atomic E-state index is 0.118. The Balaban J connectivity index is 2.35. The van der Waals surface area contributed by atoms with E-state index in [0.29, 0.717) is 16.9 Å². The number of carbonyl (C=O) groups excluding carboxylic acids is 1. The second-order valence-corrected chi connectivity index (χ2v) is 3.86. The summed E-state index contributed by atoms with van der Waals surface area (Å²) < 4.78 is 6.68. The average Bonchev–Trinajstić information content (AvgIpc) is 2.82. The van der Waals surface area contributed by atoms with E-state index in [1.807, 2.05) is 5.43 Å². The maximum Gasteiger partial charge on any atom is 0.268 e. The fourth-order valence-corrected chi connectivity index (χ4v) is 1.68. The van der Waals surface area contributed by atoms with Crippen LogP contribution >= 0.6 is 0 Å². The van der Waals surface area contributed by atoms with Crippen LogP contribution in [0, 0.1) is 6.92 Å². The Morgan fingerprint density at radius 2 is 2.28 bits per heavy atom. The van der Waals surface area contributed by atoms with Gasteiger partial charge in [0.15, 0.2) is 0 Å². The van der Waals surface area contributed by atoms with E-state index in [9.17, 15) is 9.59 Å². The molecule has 0 aliphatic carbocycles. The topological polar surface area (TPSA) is 90.3 Å². The molecule has 1 amide bonds. The number of nitrogen functional groups attached to an aromatic ring is 1. The summed E-state index contributed by atoms with van der Waals surface area (Å²) >= 11 is 0. The van der Waals surface area contributed by atoms with Crippen LogP contribution in [-0.2, 0) is 6.54 Å². The van der Waals surface area contributed by atoms with E-state index in [4.69, 9.17) is 10.3 Å². The van der Waals surface area contributed by atoms with Crippen LogP contribution < -0.4 is 16.8 Å². The molecule has 0 fully saturated rings. The van der Waals surface area contributed by atoms with Gasteiger partial charge < -0.3 is 8.98 Å². The minimum Gasteiger partial charge on any atom is -0.467 e. The smallest absolute Gasteiger partial charge is 0.268 e. The molecule has 3 N–H and O–H groups in total. The number of hydrazine groups is 1. The number of nitrogens with one attached hydrogen (secondary N) is 1. The average molecular weight is 247 g/mol. The van der Waals surface area contributed by atoms with E-state index in [-0.39, 0.29) is 12.1 Å². The lowest BCUT2D eigenvalue weighted by Gasteiger charge is -2.05. The highest BCUT2D eigenvalue weighted by Crippen LogP contribution is 2.11. The van der Waals surface area contributed by atoms with E-state index in [0.717, 1.165) is 0 Å². The fourth-order valence-electron chi connectivity index (χ4n) is 1.68. The number of aryl methyl sites for hydroxylation is 1. The zero-order valence-electron chi connectivity index (χ0n) is 9.84. The summed E-state index contributed by atoms with van der Waals surface area (Å²) in [6.45, 7) is 1.92. The van der Waals surface area contributed by atoms with Crippen molar-refractivity contribution in [1.29, 1.82) is 0 Å². The third-order valence-electron chi connectivity index (χ3n) is 2.65. The predicted octanol–water partition coefficient (Wildman–Crippen LogP) is 0.402. The van der Waals surface area contributed by atoms with Gasteiger partial charge in [-0.25, -0.2) is 5.84 Å². The van der Waals surface area contributed by atoms with Crippen molar-refractivity contribution >= 4 is 5.91 Å². The van der Waals surface area contributed by atoms with Gasteiger partial charge in [-0.3, -0.25) is 15.0 Å². The molecule has 0 aromatic carbocycles. The van der Waals surface area contributed by atoms with Crippen LogP contribution in [0.3, 0.4) is 0 Å². The second-order valence-electron chi connectivity index (χ2n) is 3.86. The quantitative estimate of drug-likeness (QED) is 0.466. The van der Waals surface area contributed by atoms with Crippen LogP contribution in [0.2, 0.25) is 0 Å². The number of hydrogen-bond acceptors (Lipinski definition) is 4. The van der Waals surface area contributed by atoms with E-state index in [1.165, 1.54) is 16.9 Å². The highest BCUT2D eigenvalue weighted by atomic mass is 16.3. The standard InChI is InChI=1S/C12H13N3O3/c1-8-3-2-5-15(12(8)17)7-10-9(4-6-18-10)11(16)14-13/h2-6H,7,13H2,1H3,(H,14,16). The molecule has 2 heterocycles. The molecule has 0 aliphatic heterocycles. The van der Waals surface area contributed by atoms with Crippen LogP contribution in [-0.4, -0.2) is 10.5 Å². The fraction of sp³-hybridized carbons (Fsp3) is 0.167. The third-order valence-corrected chi connectivity index (χ3v) is 2.65. The molecule has 18 heavy (non-hydrogen) atoms. The van der Waals surface area contributed by atoms with Crippen molar-refractivity contribution in [2.45, 2.75) is 13.5 Å². The van der Waals surface area contributed by atoms with E-state index in [2.05, 4.69) is 0 Å². The Hall–Kier alpha value is -2.34. The van der Waals surface area contributed by atoms with Gasteiger partial charge in [-0.1, -0.05) is 6.07 Å². The van der Waals surface area contributed by atoms with E-state index >= 15 is 0 Å². The molecule has 6 heteroatoms. The first-order chi connectivity index (χ1) is 8.63. The van der Waals surface area contributed by atoms with Gasteiger partial charge in [0.05, 0.1) is 18.4 Å². The first-order valence-corrected chi connectivity index (χ1v) is 5.37. The molecule has 0 radical (unpaired) electrons. The number of furan rings is 1. The molecule has 94 valence electrons. The molecular formula is C12H13N3O3. The van der Waals surface area contributed by atoms with Gasteiger partial charge in [0.25, 0.3) is 11.5 Å². The highest BCUT2D eigenvalue weighted by Gasteiger charge is 2.14. The first-order valence-electron chi connectivity index (χ1n) is 5.37. The summed E-state index contributed by atoms with van der Waals surface area (Å²) in [5.74, 6) is 5.02. The van der Waals surface area contributed by atoms with Crippen LogP contribution in [0.25, 0.3) is 0 Å². The molecule has 0 unspecified atom stereocenters. The summed E-state index contributed by atoms with van der Waals surface area (Å²) in [6, 6.07) is 5.01. The van der Waals surface area contributed by atoms with Crippen molar-refractivity contribution in [3.8, 4) is 0 Å². The Kier molecular flexibility index (Phi) is 3.29. The summed E-state index contributed by atoms with van der Waals surface area (Å²) in [5, 5.41) is 0. The molecule has 0 saturated carbocycles. The minimum atomic E-state index is -0.445. The molecule has 0 bridgehead atoms. The number of hydrogen-bond donors (Lipinski definition) is 2. The number of nitrogens with zero attached hydrogens (tertiary/aromatic N) is 1. The third kappa shape index (κ3) is 2.18. The molecule has 6 nitrogen and oxygen atoms in total.